The van der Waals surface area contributed by atoms with Crippen LogP contribution in [0.25, 0.3) is 0 Å². The highest BCUT2D eigenvalue weighted by molar-refractivity contribution is 7.92. The van der Waals surface area contributed by atoms with Gasteiger partial charge in [-0.05, 0) is 54.1 Å². The van der Waals surface area contributed by atoms with Crippen molar-refractivity contribution in [2.75, 3.05) is 4.72 Å². The third kappa shape index (κ3) is 5.09. The predicted octanol–water partition coefficient (Wildman–Crippen LogP) is 4.07. The van der Waals surface area contributed by atoms with Gasteiger partial charge in [0.25, 0.3) is 15.9 Å². The van der Waals surface area contributed by atoms with E-state index in [4.69, 9.17) is 11.6 Å². The molecule has 2 N–H and O–H groups in total. The van der Waals surface area contributed by atoms with Gasteiger partial charge in [-0.3, -0.25) is 9.52 Å². The second-order valence-electron chi connectivity index (χ2n) is 5.81. The zero-order valence-electron chi connectivity index (χ0n) is 14.2. The van der Waals surface area contributed by atoms with E-state index in [1.165, 1.54) is 24.3 Å². The summed E-state index contributed by atoms with van der Waals surface area (Å²) >= 11 is 5.92. The first-order chi connectivity index (χ1) is 12.9. The van der Waals surface area contributed by atoms with E-state index in [-0.39, 0.29) is 10.8 Å². The first-order valence-electron chi connectivity index (χ1n) is 8.15. The van der Waals surface area contributed by atoms with Gasteiger partial charge in [0.15, 0.2) is 0 Å². The summed E-state index contributed by atoms with van der Waals surface area (Å²) in [7, 11) is -3.71. The number of carbonyl (C=O) groups is 1. The molecule has 0 bridgehead atoms. The molecule has 138 valence electrons. The molecule has 0 spiro atoms. The molecule has 0 saturated carbocycles. The third-order valence-electron chi connectivity index (χ3n) is 3.79. The molecule has 0 radical (unpaired) electrons. The van der Waals surface area contributed by atoms with E-state index >= 15 is 0 Å². The SMILES string of the molecule is O=C(NCc1cccc(Cl)c1)c1ccc(S(=O)(=O)Nc2ccccc2)cc1. The second kappa shape index (κ2) is 8.24. The molecule has 7 heteroatoms. The molecule has 0 aliphatic heterocycles. The van der Waals surface area contributed by atoms with Gasteiger partial charge in [0.1, 0.15) is 0 Å². The van der Waals surface area contributed by atoms with Crippen molar-refractivity contribution >= 4 is 33.2 Å². The van der Waals surface area contributed by atoms with Crippen molar-refractivity contribution in [3.8, 4) is 0 Å². The minimum atomic E-state index is -3.71. The van der Waals surface area contributed by atoms with E-state index in [2.05, 4.69) is 10.0 Å². The minimum Gasteiger partial charge on any atom is -0.348 e. The van der Waals surface area contributed by atoms with Gasteiger partial charge < -0.3 is 5.32 Å². The Kier molecular flexibility index (Phi) is 5.78. The van der Waals surface area contributed by atoms with Crippen LogP contribution in [-0.2, 0) is 16.6 Å². The van der Waals surface area contributed by atoms with E-state index in [1.54, 1.807) is 42.5 Å². The number of nitrogens with one attached hydrogen (secondary N) is 2. The maximum absolute atomic E-state index is 12.4. The van der Waals surface area contributed by atoms with E-state index < -0.39 is 10.0 Å². The largest absolute Gasteiger partial charge is 0.348 e. The molecule has 0 heterocycles. The molecule has 0 atom stereocenters. The molecule has 3 aromatic carbocycles. The number of sulfonamides is 1. The lowest BCUT2D eigenvalue weighted by Gasteiger charge is -2.09. The van der Waals surface area contributed by atoms with E-state index in [0.717, 1.165) is 5.56 Å². The third-order valence-corrected chi connectivity index (χ3v) is 5.43. The molecule has 0 saturated heterocycles. The number of hydrogen-bond acceptors (Lipinski definition) is 3. The highest BCUT2D eigenvalue weighted by Gasteiger charge is 2.15. The monoisotopic (exact) mass is 400 g/mol. The van der Waals surface area contributed by atoms with Crippen LogP contribution in [-0.4, -0.2) is 14.3 Å². The number of carbonyl (C=O) groups excluding carboxylic acids is 1. The first kappa shape index (κ1) is 18.9. The van der Waals surface area contributed by atoms with E-state index in [1.807, 2.05) is 12.1 Å². The van der Waals surface area contributed by atoms with Gasteiger partial charge in [0.05, 0.1) is 4.90 Å². The number of amides is 1. The molecule has 0 aromatic heterocycles. The topological polar surface area (TPSA) is 75.3 Å². The number of rotatable bonds is 6. The molecule has 5 nitrogen and oxygen atoms in total. The standard InChI is InChI=1S/C20H17ClN2O3S/c21-17-6-4-5-15(13-17)14-22-20(24)16-9-11-19(12-10-16)27(25,26)23-18-7-2-1-3-8-18/h1-13,23H,14H2,(H,22,24). The van der Waals surface area contributed by atoms with Crippen molar-refractivity contribution in [1.82, 2.24) is 5.32 Å². The summed E-state index contributed by atoms with van der Waals surface area (Å²) in [5, 5.41) is 3.38. The zero-order valence-corrected chi connectivity index (χ0v) is 15.8. The van der Waals surface area contributed by atoms with Crippen LogP contribution < -0.4 is 10.0 Å². The number of hydrogen-bond donors (Lipinski definition) is 2. The van der Waals surface area contributed by atoms with Gasteiger partial charge in [-0.2, -0.15) is 0 Å². The Bertz CT molecular complexity index is 1040. The van der Waals surface area contributed by atoms with Crippen LogP contribution in [0.1, 0.15) is 15.9 Å². The fraction of sp³-hybridized carbons (Fsp3) is 0.0500. The summed E-state index contributed by atoms with van der Waals surface area (Å²) in [6.07, 6.45) is 0. The second-order valence-corrected chi connectivity index (χ2v) is 7.93. The van der Waals surface area contributed by atoms with Gasteiger partial charge in [0.2, 0.25) is 0 Å². The van der Waals surface area contributed by atoms with E-state index in [0.29, 0.717) is 22.8 Å². The molecule has 27 heavy (non-hydrogen) atoms. The summed E-state index contributed by atoms with van der Waals surface area (Å²) in [4.78, 5) is 12.3. The molecule has 0 aliphatic carbocycles. The van der Waals surface area contributed by atoms with Crippen molar-refractivity contribution in [2.24, 2.45) is 0 Å². The quantitative estimate of drug-likeness (QED) is 0.654. The Morgan fingerprint density at radius 2 is 1.59 bits per heavy atom. The first-order valence-corrected chi connectivity index (χ1v) is 10.0. The Balaban J connectivity index is 1.66. The molecular weight excluding hydrogens is 384 g/mol. The molecule has 0 aliphatic rings. The van der Waals surface area contributed by atoms with Crippen molar-refractivity contribution in [3.63, 3.8) is 0 Å². The van der Waals surface area contributed by atoms with Gasteiger partial charge in [-0.15, -0.1) is 0 Å². The van der Waals surface area contributed by atoms with Crippen LogP contribution in [0.3, 0.4) is 0 Å². The normalized spacial score (nSPS) is 11.0. The fourth-order valence-electron chi connectivity index (χ4n) is 2.44. The van der Waals surface area contributed by atoms with Crippen molar-refractivity contribution in [3.05, 3.63) is 95.0 Å². The van der Waals surface area contributed by atoms with Crippen molar-refractivity contribution in [1.29, 1.82) is 0 Å². The van der Waals surface area contributed by atoms with Crippen LogP contribution in [0.4, 0.5) is 5.69 Å². The molecule has 3 aromatic rings. The maximum Gasteiger partial charge on any atom is 0.261 e. The predicted molar refractivity (Wildman–Crippen MR) is 106 cm³/mol. The van der Waals surface area contributed by atoms with Crippen LogP contribution in [0.2, 0.25) is 5.02 Å². The maximum atomic E-state index is 12.4. The lowest BCUT2D eigenvalue weighted by Crippen LogP contribution is -2.23. The zero-order chi connectivity index (χ0) is 19.3. The average Bonchev–Trinajstić information content (AvgIpc) is 2.67. The summed E-state index contributed by atoms with van der Waals surface area (Å²) in [6.45, 7) is 0.328. The van der Waals surface area contributed by atoms with Gasteiger partial charge >= 0.3 is 0 Å². The Morgan fingerprint density at radius 1 is 0.889 bits per heavy atom. The Hall–Kier alpha value is -2.83. The average molecular weight is 401 g/mol. The van der Waals surface area contributed by atoms with Gasteiger partial charge in [0, 0.05) is 22.8 Å². The van der Waals surface area contributed by atoms with Crippen LogP contribution in [0.5, 0.6) is 0 Å². The minimum absolute atomic E-state index is 0.0812. The van der Waals surface area contributed by atoms with E-state index in [9.17, 15) is 13.2 Å². The summed E-state index contributed by atoms with van der Waals surface area (Å²) in [5.74, 6) is -0.296. The number of para-hydroxylation sites is 1. The molecular formula is C20H17ClN2O3S. The van der Waals surface area contributed by atoms with Gasteiger partial charge in [-0.25, -0.2) is 8.42 Å². The van der Waals surface area contributed by atoms with Crippen LogP contribution >= 0.6 is 11.6 Å². The molecule has 0 unspecified atom stereocenters. The Morgan fingerprint density at radius 3 is 2.26 bits per heavy atom. The fourth-order valence-corrected chi connectivity index (χ4v) is 3.71. The molecule has 3 rings (SSSR count). The Labute approximate surface area is 163 Å². The summed E-state index contributed by atoms with van der Waals surface area (Å²) in [6, 6.07) is 21.6. The number of benzene rings is 3. The summed E-state index contributed by atoms with van der Waals surface area (Å²) < 4.78 is 27.3. The lowest BCUT2D eigenvalue weighted by molar-refractivity contribution is 0.0951. The smallest absolute Gasteiger partial charge is 0.261 e. The summed E-state index contributed by atoms with van der Waals surface area (Å²) in [5.41, 5.74) is 1.72. The van der Waals surface area contributed by atoms with Crippen molar-refractivity contribution in [2.45, 2.75) is 11.4 Å². The molecule has 0 fully saturated rings. The van der Waals surface area contributed by atoms with Gasteiger partial charge in [-0.1, -0.05) is 41.9 Å². The van der Waals surface area contributed by atoms with Crippen LogP contribution in [0.15, 0.2) is 83.8 Å². The van der Waals surface area contributed by atoms with Crippen LogP contribution in [0, 0.1) is 0 Å². The highest BCUT2D eigenvalue weighted by atomic mass is 35.5. The number of anilines is 1. The lowest BCUT2D eigenvalue weighted by atomic mass is 10.2. The van der Waals surface area contributed by atoms with Crippen molar-refractivity contribution < 1.29 is 13.2 Å². The highest BCUT2D eigenvalue weighted by Crippen LogP contribution is 2.16. The number of halogens is 1. The molecule has 1 amide bonds.